The molecule has 1 fully saturated rings. The molecule has 4 heteroatoms. The summed E-state index contributed by atoms with van der Waals surface area (Å²) in [4.78, 5) is 13.1. The van der Waals surface area contributed by atoms with E-state index in [2.05, 4.69) is 5.32 Å². The number of aliphatic hydroxyl groups is 1. The summed E-state index contributed by atoms with van der Waals surface area (Å²) in [5.41, 5.74) is 0. The van der Waals surface area contributed by atoms with Crippen molar-refractivity contribution in [2.24, 2.45) is 0 Å². The Bertz CT molecular complexity index is 184. The molecule has 0 aliphatic carbocycles. The molecule has 0 spiro atoms. The van der Waals surface area contributed by atoms with E-state index in [1.165, 1.54) is 0 Å². The minimum atomic E-state index is -0.476. The van der Waals surface area contributed by atoms with Crippen molar-refractivity contribution in [1.29, 1.82) is 0 Å². The molecule has 1 aliphatic heterocycles. The minimum Gasteiger partial charge on any atom is -0.378 e. The predicted octanol–water partition coefficient (Wildman–Crippen LogP) is -0.422. The molecule has 13 heavy (non-hydrogen) atoms. The number of carbonyl (C=O) groups is 1. The predicted molar refractivity (Wildman–Crippen MR) is 50.3 cm³/mol. The first-order chi connectivity index (χ1) is 6.16. The van der Waals surface area contributed by atoms with Gasteiger partial charge in [0.25, 0.3) is 0 Å². The molecule has 2 N–H and O–H groups in total. The number of nitrogens with zero attached hydrogens (tertiary/aromatic N) is 1. The first kappa shape index (κ1) is 10.6. The Morgan fingerprint density at radius 1 is 1.77 bits per heavy atom. The molecule has 0 bridgehead atoms. The van der Waals surface area contributed by atoms with Gasteiger partial charge in [-0.1, -0.05) is 6.92 Å². The lowest BCUT2D eigenvalue weighted by Gasteiger charge is -2.37. The second kappa shape index (κ2) is 4.69. The largest absolute Gasteiger partial charge is 0.378 e. The van der Waals surface area contributed by atoms with E-state index in [4.69, 9.17) is 0 Å². The molecule has 0 amide bonds. The quantitative estimate of drug-likeness (QED) is 0.628. The fourth-order valence-corrected chi connectivity index (χ4v) is 1.69. The van der Waals surface area contributed by atoms with Gasteiger partial charge in [0.05, 0.1) is 6.04 Å². The number of piperazine rings is 1. The van der Waals surface area contributed by atoms with E-state index in [-0.39, 0.29) is 11.8 Å². The van der Waals surface area contributed by atoms with Gasteiger partial charge in [-0.25, -0.2) is 0 Å². The van der Waals surface area contributed by atoms with Gasteiger partial charge in [-0.3, -0.25) is 9.69 Å². The molecule has 0 saturated carbocycles. The lowest BCUT2D eigenvalue weighted by atomic mass is 10.1. The van der Waals surface area contributed by atoms with Crippen LogP contribution >= 0.6 is 0 Å². The van der Waals surface area contributed by atoms with Crippen LogP contribution in [0, 0.1) is 0 Å². The highest BCUT2D eigenvalue weighted by molar-refractivity contribution is 5.81. The smallest absolute Gasteiger partial charge is 0.148 e. The fourth-order valence-electron chi connectivity index (χ4n) is 1.69. The summed E-state index contributed by atoms with van der Waals surface area (Å²) >= 11 is 0. The van der Waals surface area contributed by atoms with E-state index in [9.17, 15) is 9.90 Å². The van der Waals surface area contributed by atoms with Crippen molar-refractivity contribution >= 4 is 5.78 Å². The van der Waals surface area contributed by atoms with Gasteiger partial charge in [0.15, 0.2) is 0 Å². The molecule has 0 radical (unpaired) electrons. The molecule has 4 nitrogen and oxygen atoms in total. The topological polar surface area (TPSA) is 52.6 Å². The van der Waals surface area contributed by atoms with Crippen LogP contribution in [0.4, 0.5) is 0 Å². The summed E-state index contributed by atoms with van der Waals surface area (Å²) in [6.07, 6.45) is 0.194. The van der Waals surface area contributed by atoms with Crippen molar-refractivity contribution in [2.45, 2.75) is 32.5 Å². The van der Waals surface area contributed by atoms with Crippen LogP contribution in [0.2, 0.25) is 0 Å². The normalized spacial score (nSPS) is 27.2. The molecule has 1 aliphatic rings. The summed E-state index contributed by atoms with van der Waals surface area (Å²) in [6, 6.07) is -0.149. The van der Waals surface area contributed by atoms with Crippen molar-refractivity contribution in [2.75, 3.05) is 19.6 Å². The zero-order valence-corrected chi connectivity index (χ0v) is 8.29. The van der Waals surface area contributed by atoms with E-state index < -0.39 is 6.23 Å². The second-order valence-corrected chi connectivity index (χ2v) is 3.46. The van der Waals surface area contributed by atoms with E-state index in [1.54, 1.807) is 6.92 Å². The third-order valence-electron chi connectivity index (χ3n) is 2.50. The van der Waals surface area contributed by atoms with Gasteiger partial charge in [0.1, 0.15) is 12.0 Å². The molecular formula is C9H18N2O2. The SMILES string of the molecule is CCC(O)N1CCNCC1C(C)=O. The summed E-state index contributed by atoms with van der Waals surface area (Å²) < 4.78 is 0. The lowest BCUT2D eigenvalue weighted by Crippen LogP contribution is -2.57. The number of hydrogen-bond acceptors (Lipinski definition) is 4. The number of hydrogen-bond donors (Lipinski definition) is 2. The van der Waals surface area contributed by atoms with E-state index in [0.717, 1.165) is 13.1 Å². The van der Waals surface area contributed by atoms with Crippen LogP contribution in [0.1, 0.15) is 20.3 Å². The maximum Gasteiger partial charge on any atom is 0.148 e. The van der Waals surface area contributed by atoms with Crippen molar-refractivity contribution in [3.8, 4) is 0 Å². The first-order valence-electron chi connectivity index (χ1n) is 4.81. The fraction of sp³-hybridized carbons (Fsp3) is 0.889. The van der Waals surface area contributed by atoms with Gasteiger partial charge in [-0.15, -0.1) is 0 Å². The zero-order chi connectivity index (χ0) is 9.84. The molecule has 0 aromatic rings. The van der Waals surface area contributed by atoms with Gasteiger partial charge in [0.2, 0.25) is 0 Å². The summed E-state index contributed by atoms with van der Waals surface area (Å²) in [6.45, 7) is 5.75. The molecule has 0 aromatic carbocycles. The van der Waals surface area contributed by atoms with Crippen molar-refractivity contribution in [1.82, 2.24) is 10.2 Å². The van der Waals surface area contributed by atoms with Crippen molar-refractivity contribution < 1.29 is 9.90 Å². The van der Waals surface area contributed by atoms with E-state index >= 15 is 0 Å². The Kier molecular flexibility index (Phi) is 3.84. The van der Waals surface area contributed by atoms with Crippen LogP contribution in [0.15, 0.2) is 0 Å². The van der Waals surface area contributed by atoms with Crippen molar-refractivity contribution in [3.63, 3.8) is 0 Å². The molecule has 2 unspecified atom stereocenters. The average Bonchev–Trinajstić information content (AvgIpc) is 2.16. The van der Waals surface area contributed by atoms with Gasteiger partial charge in [0, 0.05) is 19.6 Å². The van der Waals surface area contributed by atoms with E-state index in [0.29, 0.717) is 13.0 Å². The molecule has 0 aromatic heterocycles. The Balaban J connectivity index is 2.61. The maximum atomic E-state index is 11.2. The zero-order valence-electron chi connectivity index (χ0n) is 8.29. The summed E-state index contributed by atoms with van der Waals surface area (Å²) in [5, 5.41) is 12.8. The number of ketones is 1. The number of carbonyl (C=O) groups excluding carboxylic acids is 1. The van der Waals surface area contributed by atoms with Crippen LogP contribution in [-0.4, -0.2) is 47.7 Å². The highest BCUT2D eigenvalue weighted by atomic mass is 16.3. The monoisotopic (exact) mass is 186 g/mol. The van der Waals surface area contributed by atoms with Gasteiger partial charge < -0.3 is 10.4 Å². The standard InChI is InChI=1S/C9H18N2O2/c1-3-9(13)11-5-4-10-6-8(11)7(2)12/h8-10,13H,3-6H2,1-2H3. The Morgan fingerprint density at radius 3 is 3.00 bits per heavy atom. The molecule has 2 atom stereocenters. The third-order valence-corrected chi connectivity index (χ3v) is 2.50. The highest BCUT2D eigenvalue weighted by Crippen LogP contribution is 2.09. The summed E-state index contributed by atoms with van der Waals surface area (Å²) in [7, 11) is 0. The van der Waals surface area contributed by atoms with Crippen LogP contribution in [0.3, 0.4) is 0 Å². The first-order valence-corrected chi connectivity index (χ1v) is 4.81. The molecular weight excluding hydrogens is 168 g/mol. The molecule has 1 rings (SSSR count). The molecule has 1 saturated heterocycles. The lowest BCUT2D eigenvalue weighted by molar-refractivity contribution is -0.128. The van der Waals surface area contributed by atoms with Gasteiger partial charge in [-0.05, 0) is 13.3 Å². The van der Waals surface area contributed by atoms with Crippen LogP contribution < -0.4 is 5.32 Å². The number of rotatable bonds is 3. The van der Waals surface area contributed by atoms with E-state index in [1.807, 2.05) is 11.8 Å². The Labute approximate surface area is 78.9 Å². The summed E-state index contributed by atoms with van der Waals surface area (Å²) in [5.74, 6) is 0.125. The number of aliphatic hydroxyl groups excluding tert-OH is 1. The average molecular weight is 186 g/mol. The number of nitrogens with one attached hydrogen (secondary N) is 1. The van der Waals surface area contributed by atoms with Crippen LogP contribution in [0.5, 0.6) is 0 Å². The van der Waals surface area contributed by atoms with Crippen LogP contribution in [-0.2, 0) is 4.79 Å². The second-order valence-electron chi connectivity index (χ2n) is 3.46. The molecule has 1 heterocycles. The maximum absolute atomic E-state index is 11.2. The minimum absolute atomic E-state index is 0.125. The van der Waals surface area contributed by atoms with Crippen molar-refractivity contribution in [3.05, 3.63) is 0 Å². The van der Waals surface area contributed by atoms with Gasteiger partial charge in [-0.2, -0.15) is 0 Å². The highest BCUT2D eigenvalue weighted by Gasteiger charge is 2.29. The van der Waals surface area contributed by atoms with Crippen LogP contribution in [0.25, 0.3) is 0 Å². The Morgan fingerprint density at radius 2 is 2.46 bits per heavy atom. The molecule has 76 valence electrons. The Hall–Kier alpha value is -0.450. The van der Waals surface area contributed by atoms with Gasteiger partial charge >= 0.3 is 0 Å². The third kappa shape index (κ3) is 2.49. The number of Topliss-reactive ketones (excluding diaryl/α,β-unsaturated/α-hetero) is 1.